The number of methoxy groups -OCH3 is 2. The molecule has 5 atom stereocenters. The van der Waals surface area contributed by atoms with E-state index in [1.54, 1.807) is 14.2 Å². The topological polar surface area (TPSA) is 52.4 Å². The summed E-state index contributed by atoms with van der Waals surface area (Å²) in [4.78, 5) is 9.49. The fourth-order valence-electron chi connectivity index (χ4n) is 3.74. The number of nitrogens with zero attached hydrogens (tertiary/aromatic N) is 2. The van der Waals surface area contributed by atoms with Crippen molar-refractivity contribution in [1.29, 1.82) is 0 Å². The van der Waals surface area contributed by atoms with Crippen molar-refractivity contribution in [3.05, 3.63) is 0 Å². The molecule has 0 bridgehead atoms. The number of aliphatic imine (C=N–C) groups is 2. The highest BCUT2D eigenvalue weighted by molar-refractivity contribution is 6.74. The zero-order chi connectivity index (χ0) is 21.3. The predicted octanol–water partition coefficient (Wildman–Crippen LogP) is 5.01. The molecule has 0 aromatic rings. The minimum Gasteiger partial charge on any atom is -0.483 e. The van der Waals surface area contributed by atoms with Gasteiger partial charge in [-0.2, -0.15) is 0 Å². The van der Waals surface area contributed by atoms with Crippen LogP contribution in [-0.2, 0) is 13.9 Å². The second-order valence-corrected chi connectivity index (χ2v) is 14.8. The van der Waals surface area contributed by atoms with Crippen molar-refractivity contribution >= 4 is 20.1 Å². The van der Waals surface area contributed by atoms with Gasteiger partial charge in [0.05, 0.1) is 20.3 Å². The van der Waals surface area contributed by atoms with E-state index in [2.05, 4.69) is 47.7 Å². The Morgan fingerprint density at radius 2 is 1.68 bits per heavy atom. The molecular weight excluding hydrogens is 375 g/mol. The Labute approximate surface area is 171 Å². The molecule has 0 N–H and O–H groups in total. The summed E-state index contributed by atoms with van der Waals surface area (Å²) in [6.07, 6.45) is 0.721. The Balaban J connectivity index is 2.07. The minimum absolute atomic E-state index is 0.0770. The Kier molecular flexibility index (Phi) is 7.35. The zero-order valence-corrected chi connectivity index (χ0v) is 20.1. The van der Waals surface area contributed by atoms with Crippen molar-refractivity contribution in [1.82, 2.24) is 0 Å². The quantitative estimate of drug-likeness (QED) is 0.594. The van der Waals surface area contributed by atoms with E-state index in [-0.39, 0.29) is 35.1 Å². The predicted molar refractivity (Wildman–Crippen MR) is 116 cm³/mol. The van der Waals surface area contributed by atoms with Crippen LogP contribution in [0.15, 0.2) is 9.98 Å². The summed E-state index contributed by atoms with van der Waals surface area (Å²) in [6.45, 7) is 15.1. The number of ether oxygens (including phenoxy) is 2. The fraction of sp³-hybridized carbons (Fsp3) is 0.905. The van der Waals surface area contributed by atoms with Gasteiger partial charge in [0.25, 0.3) is 0 Å². The Morgan fingerprint density at radius 1 is 1.07 bits per heavy atom. The minimum atomic E-state index is -1.99. The average molecular weight is 415 g/mol. The van der Waals surface area contributed by atoms with Gasteiger partial charge in [-0.1, -0.05) is 34.6 Å². The van der Waals surface area contributed by atoms with Gasteiger partial charge in [0, 0.05) is 0 Å². The summed E-state index contributed by atoms with van der Waals surface area (Å²) in [5, 5.41) is 0.0770. The third-order valence-corrected chi connectivity index (χ3v) is 11.0. The van der Waals surface area contributed by atoms with E-state index in [9.17, 15) is 4.39 Å². The Morgan fingerprint density at radius 3 is 2.18 bits per heavy atom. The average Bonchev–Trinajstić information content (AvgIpc) is 2.91. The summed E-state index contributed by atoms with van der Waals surface area (Å²) in [7, 11) is 1.28. The smallest absolute Gasteiger partial charge is 0.209 e. The molecule has 1 fully saturated rings. The number of hydrogen-bond acceptors (Lipinski definition) is 5. The van der Waals surface area contributed by atoms with E-state index in [1.165, 1.54) is 0 Å². The number of rotatable bonds is 5. The van der Waals surface area contributed by atoms with Crippen LogP contribution >= 0.6 is 0 Å². The normalized spacial score (nSPS) is 31.6. The van der Waals surface area contributed by atoms with E-state index < -0.39 is 14.5 Å². The first-order valence-electron chi connectivity index (χ1n) is 10.4. The first-order valence-corrected chi connectivity index (χ1v) is 13.4. The molecule has 2 aliphatic rings. The summed E-state index contributed by atoms with van der Waals surface area (Å²) < 4.78 is 32.2. The second kappa shape index (κ2) is 8.82. The van der Waals surface area contributed by atoms with Crippen LogP contribution in [0.3, 0.4) is 0 Å². The zero-order valence-electron chi connectivity index (χ0n) is 19.1. The molecule has 1 aliphatic carbocycles. The van der Waals surface area contributed by atoms with E-state index in [0.717, 1.165) is 6.42 Å². The molecule has 1 unspecified atom stereocenters. The molecule has 0 saturated heterocycles. The van der Waals surface area contributed by atoms with Crippen LogP contribution in [0, 0.1) is 11.8 Å². The van der Waals surface area contributed by atoms with E-state index >= 15 is 0 Å². The summed E-state index contributed by atoms with van der Waals surface area (Å²) >= 11 is 0. The highest BCUT2D eigenvalue weighted by Gasteiger charge is 2.45. The molecule has 162 valence electrons. The maximum atomic E-state index is 14.8. The fourth-order valence-corrected chi connectivity index (χ4v) is 5.10. The van der Waals surface area contributed by atoms with Gasteiger partial charge in [-0.15, -0.1) is 0 Å². The summed E-state index contributed by atoms with van der Waals surface area (Å²) in [5.74, 6) is 1.75. The molecule has 1 heterocycles. The van der Waals surface area contributed by atoms with Gasteiger partial charge in [0.15, 0.2) is 8.32 Å². The second-order valence-electron chi connectivity index (χ2n) is 10.1. The first-order chi connectivity index (χ1) is 12.9. The van der Waals surface area contributed by atoms with Crippen LogP contribution in [0.2, 0.25) is 18.1 Å². The third-order valence-electron chi connectivity index (χ3n) is 6.47. The number of hydrogen-bond donors (Lipinski definition) is 0. The Hall–Kier alpha value is -0.953. The molecule has 2 rings (SSSR count). The maximum absolute atomic E-state index is 14.8. The van der Waals surface area contributed by atoms with Gasteiger partial charge in [-0.3, -0.25) is 0 Å². The lowest BCUT2D eigenvalue weighted by molar-refractivity contribution is 0.111. The van der Waals surface area contributed by atoms with Gasteiger partial charge in [-0.05, 0) is 49.2 Å². The molecule has 0 aromatic carbocycles. The van der Waals surface area contributed by atoms with Crippen molar-refractivity contribution in [3.8, 4) is 0 Å². The molecule has 0 amide bonds. The lowest BCUT2D eigenvalue weighted by atomic mass is 9.96. The standard InChI is InChI=1S/C21H39FN2O3Si/c1-13(2)18-20(26-7)23-16(19(24-18)25-6)11-14-10-15(22)17(12-14)27-28(8,9)21(3,4)5/h13-18H,10-12H2,1-9H3/t14-,15-,16+,17-,18?/m1/s1. The highest BCUT2D eigenvalue weighted by atomic mass is 28.4. The molecule has 1 saturated carbocycles. The molecule has 7 heteroatoms. The van der Waals surface area contributed by atoms with Crippen LogP contribution in [0.4, 0.5) is 4.39 Å². The van der Waals surface area contributed by atoms with Gasteiger partial charge >= 0.3 is 0 Å². The van der Waals surface area contributed by atoms with Crippen molar-refractivity contribution in [2.45, 2.75) is 96.4 Å². The van der Waals surface area contributed by atoms with E-state index in [1.807, 2.05) is 0 Å². The van der Waals surface area contributed by atoms with Gasteiger partial charge in [0.2, 0.25) is 11.8 Å². The SMILES string of the molecule is COC1=N[C@@H](C[C@H]2C[C@@H](F)[C@H](O[Si](C)(C)C(C)(C)C)C2)C(OC)=NC1C(C)C. The van der Waals surface area contributed by atoms with Crippen molar-refractivity contribution in [3.63, 3.8) is 0 Å². The van der Waals surface area contributed by atoms with E-state index in [4.69, 9.17) is 23.9 Å². The van der Waals surface area contributed by atoms with Crippen molar-refractivity contribution < 1.29 is 18.3 Å². The number of alkyl halides is 1. The molecule has 1 aliphatic heterocycles. The van der Waals surface area contributed by atoms with E-state index in [0.29, 0.717) is 24.6 Å². The monoisotopic (exact) mass is 414 g/mol. The molecule has 28 heavy (non-hydrogen) atoms. The molecular formula is C21H39FN2O3Si. The van der Waals surface area contributed by atoms with Crippen LogP contribution in [0.5, 0.6) is 0 Å². The van der Waals surface area contributed by atoms with Crippen LogP contribution in [0.1, 0.15) is 53.9 Å². The van der Waals surface area contributed by atoms with Gasteiger partial charge < -0.3 is 13.9 Å². The summed E-state index contributed by atoms with van der Waals surface area (Å²) in [5.41, 5.74) is 0. The first kappa shape index (κ1) is 23.3. The van der Waals surface area contributed by atoms with Crippen molar-refractivity contribution in [2.75, 3.05) is 14.2 Å². The largest absolute Gasteiger partial charge is 0.483 e. The van der Waals surface area contributed by atoms with Gasteiger partial charge in [0.1, 0.15) is 18.3 Å². The molecule has 5 nitrogen and oxygen atoms in total. The van der Waals surface area contributed by atoms with Crippen LogP contribution < -0.4 is 0 Å². The summed E-state index contributed by atoms with van der Waals surface area (Å²) in [6, 6.07) is -0.331. The molecule has 0 radical (unpaired) electrons. The highest BCUT2D eigenvalue weighted by Crippen LogP contribution is 2.42. The Bertz CT molecular complexity index is 601. The van der Waals surface area contributed by atoms with Crippen LogP contribution in [-0.4, -0.2) is 58.7 Å². The lowest BCUT2D eigenvalue weighted by Crippen LogP contribution is -2.45. The molecule has 0 aromatic heterocycles. The lowest BCUT2D eigenvalue weighted by Gasteiger charge is -2.39. The van der Waals surface area contributed by atoms with Gasteiger partial charge in [-0.25, -0.2) is 14.4 Å². The maximum Gasteiger partial charge on any atom is 0.209 e. The number of halogens is 1. The third kappa shape index (κ3) is 5.15. The van der Waals surface area contributed by atoms with Crippen molar-refractivity contribution in [2.24, 2.45) is 21.8 Å². The molecule has 0 spiro atoms. The van der Waals surface area contributed by atoms with Crippen LogP contribution in [0.25, 0.3) is 0 Å².